The van der Waals surface area contributed by atoms with Gasteiger partial charge in [-0.3, -0.25) is 9.36 Å². The molecule has 0 atom stereocenters. The minimum absolute atomic E-state index is 0.153. The molecule has 0 aliphatic heterocycles. The first-order valence-corrected chi connectivity index (χ1v) is 6.87. The van der Waals surface area contributed by atoms with Gasteiger partial charge in [0, 0.05) is 0 Å². The van der Waals surface area contributed by atoms with Gasteiger partial charge in [0.2, 0.25) is 5.88 Å². The molecule has 0 bridgehead atoms. The van der Waals surface area contributed by atoms with Crippen LogP contribution in [0.1, 0.15) is 31.2 Å². The highest BCUT2D eigenvalue weighted by Crippen LogP contribution is 2.29. The topological polar surface area (TPSA) is 55.1 Å². The molecule has 0 saturated heterocycles. The van der Waals surface area contributed by atoms with Crippen LogP contribution in [-0.2, 0) is 0 Å². The van der Waals surface area contributed by atoms with E-state index in [4.69, 9.17) is 23.2 Å². The molecule has 0 unspecified atom stereocenters. The third-order valence-electron chi connectivity index (χ3n) is 3.02. The van der Waals surface area contributed by atoms with E-state index in [1.54, 1.807) is 25.1 Å². The van der Waals surface area contributed by atoms with Crippen molar-refractivity contribution in [2.75, 3.05) is 0 Å². The molecule has 2 aromatic rings. The van der Waals surface area contributed by atoms with Crippen LogP contribution in [0, 0.1) is 6.92 Å². The summed E-state index contributed by atoms with van der Waals surface area (Å²) < 4.78 is 1.36. The zero-order chi connectivity index (χ0) is 15.0. The van der Waals surface area contributed by atoms with Crippen molar-refractivity contribution in [1.82, 2.24) is 9.55 Å². The van der Waals surface area contributed by atoms with Crippen LogP contribution in [-0.4, -0.2) is 14.7 Å². The Labute approximate surface area is 126 Å². The molecular formula is C14H14Cl2N2O2. The zero-order valence-corrected chi connectivity index (χ0v) is 12.8. The molecule has 0 radical (unpaired) electrons. The van der Waals surface area contributed by atoms with Gasteiger partial charge in [-0.05, 0) is 25.0 Å². The fourth-order valence-electron chi connectivity index (χ4n) is 2.08. The van der Waals surface area contributed by atoms with Crippen molar-refractivity contribution < 1.29 is 5.11 Å². The summed E-state index contributed by atoms with van der Waals surface area (Å²) in [4.78, 5) is 16.6. The monoisotopic (exact) mass is 312 g/mol. The number of halogens is 2. The van der Waals surface area contributed by atoms with E-state index in [1.165, 1.54) is 4.57 Å². The first kappa shape index (κ1) is 14.9. The Hall–Kier alpha value is -1.52. The minimum Gasteiger partial charge on any atom is -0.493 e. The lowest BCUT2D eigenvalue weighted by Crippen LogP contribution is -2.26. The number of aryl methyl sites for hydroxylation is 1. The summed E-state index contributed by atoms with van der Waals surface area (Å²) in [5, 5.41) is 10.5. The molecule has 2 rings (SSSR count). The summed E-state index contributed by atoms with van der Waals surface area (Å²) in [6.07, 6.45) is 0. The largest absolute Gasteiger partial charge is 0.493 e. The number of benzene rings is 1. The number of aromatic hydroxyl groups is 1. The Bertz CT molecular complexity index is 724. The second-order valence-electron chi connectivity index (χ2n) is 4.76. The Morgan fingerprint density at radius 3 is 2.55 bits per heavy atom. The van der Waals surface area contributed by atoms with Gasteiger partial charge in [-0.25, -0.2) is 0 Å². The van der Waals surface area contributed by atoms with Crippen LogP contribution in [0.25, 0.3) is 5.69 Å². The van der Waals surface area contributed by atoms with Gasteiger partial charge < -0.3 is 5.11 Å². The van der Waals surface area contributed by atoms with Crippen molar-refractivity contribution in [3.8, 4) is 11.6 Å². The zero-order valence-electron chi connectivity index (χ0n) is 11.3. The van der Waals surface area contributed by atoms with Gasteiger partial charge in [0.25, 0.3) is 5.56 Å². The van der Waals surface area contributed by atoms with E-state index in [-0.39, 0.29) is 27.9 Å². The fourth-order valence-corrected chi connectivity index (χ4v) is 2.46. The Morgan fingerprint density at radius 2 is 1.95 bits per heavy atom. The maximum atomic E-state index is 12.6. The van der Waals surface area contributed by atoms with E-state index in [0.717, 1.165) is 0 Å². The highest BCUT2D eigenvalue weighted by Gasteiger charge is 2.19. The number of rotatable bonds is 2. The van der Waals surface area contributed by atoms with Crippen molar-refractivity contribution in [2.45, 2.75) is 26.7 Å². The van der Waals surface area contributed by atoms with Gasteiger partial charge in [0.05, 0.1) is 21.3 Å². The average molecular weight is 313 g/mol. The van der Waals surface area contributed by atoms with Crippen molar-refractivity contribution in [3.63, 3.8) is 0 Å². The van der Waals surface area contributed by atoms with E-state index in [2.05, 4.69) is 4.98 Å². The van der Waals surface area contributed by atoms with Crippen LogP contribution in [0.15, 0.2) is 23.0 Å². The molecule has 0 aliphatic rings. The van der Waals surface area contributed by atoms with Crippen LogP contribution < -0.4 is 5.56 Å². The summed E-state index contributed by atoms with van der Waals surface area (Å²) in [7, 11) is 0. The molecule has 0 amide bonds. The predicted molar refractivity (Wildman–Crippen MR) is 80.3 cm³/mol. The fraction of sp³-hybridized carbons (Fsp3) is 0.286. The lowest BCUT2D eigenvalue weighted by atomic mass is 10.1. The molecule has 1 aromatic carbocycles. The number of hydrogen-bond donors (Lipinski definition) is 1. The van der Waals surface area contributed by atoms with E-state index in [1.807, 2.05) is 13.8 Å². The molecule has 6 heteroatoms. The molecular weight excluding hydrogens is 299 g/mol. The van der Waals surface area contributed by atoms with Crippen molar-refractivity contribution >= 4 is 23.2 Å². The molecule has 0 spiro atoms. The number of nitrogens with zero attached hydrogens (tertiary/aromatic N) is 2. The molecule has 0 aliphatic carbocycles. The van der Waals surface area contributed by atoms with Gasteiger partial charge in [-0.2, -0.15) is 4.98 Å². The third-order valence-corrected chi connectivity index (χ3v) is 3.82. The average Bonchev–Trinajstić information content (AvgIpc) is 2.33. The van der Waals surface area contributed by atoms with Gasteiger partial charge in [-0.15, -0.1) is 0 Å². The summed E-state index contributed by atoms with van der Waals surface area (Å²) in [6.45, 7) is 5.26. The van der Waals surface area contributed by atoms with E-state index in [0.29, 0.717) is 16.5 Å². The maximum absolute atomic E-state index is 12.6. The predicted octanol–water partition coefficient (Wildman–Crippen LogP) is 3.68. The molecule has 1 aromatic heterocycles. The second-order valence-corrected chi connectivity index (χ2v) is 5.55. The smallest absolute Gasteiger partial charge is 0.265 e. The summed E-state index contributed by atoms with van der Waals surface area (Å²) >= 11 is 12.1. The first-order chi connectivity index (χ1) is 9.34. The lowest BCUT2D eigenvalue weighted by Gasteiger charge is -2.15. The van der Waals surface area contributed by atoms with E-state index < -0.39 is 0 Å². The van der Waals surface area contributed by atoms with Gasteiger partial charge in [0.1, 0.15) is 5.82 Å². The summed E-state index contributed by atoms with van der Waals surface area (Å²) in [5.41, 5.74) is 0.372. The van der Waals surface area contributed by atoms with E-state index in [9.17, 15) is 9.90 Å². The first-order valence-electron chi connectivity index (χ1n) is 6.11. The number of aromatic nitrogens is 2. The highest BCUT2D eigenvalue weighted by molar-refractivity contribution is 6.43. The maximum Gasteiger partial charge on any atom is 0.265 e. The molecule has 4 nitrogen and oxygen atoms in total. The van der Waals surface area contributed by atoms with Gasteiger partial charge in [-0.1, -0.05) is 43.1 Å². The Balaban J connectivity index is 2.85. The molecule has 0 saturated carbocycles. The van der Waals surface area contributed by atoms with Crippen molar-refractivity contribution in [2.24, 2.45) is 0 Å². The summed E-state index contributed by atoms with van der Waals surface area (Å²) in [6, 6.07) is 5.04. The second kappa shape index (κ2) is 5.46. The quantitative estimate of drug-likeness (QED) is 0.920. The van der Waals surface area contributed by atoms with Crippen LogP contribution in [0.3, 0.4) is 0 Å². The molecule has 1 N–H and O–H groups in total. The normalized spacial score (nSPS) is 11.1. The number of hydrogen-bond acceptors (Lipinski definition) is 3. The van der Waals surface area contributed by atoms with Crippen LogP contribution >= 0.6 is 23.2 Å². The van der Waals surface area contributed by atoms with Crippen molar-refractivity contribution in [1.29, 1.82) is 0 Å². The van der Waals surface area contributed by atoms with Crippen LogP contribution in [0.2, 0.25) is 10.0 Å². The highest BCUT2D eigenvalue weighted by atomic mass is 35.5. The molecule has 20 heavy (non-hydrogen) atoms. The summed E-state index contributed by atoms with van der Waals surface area (Å²) in [5.74, 6) is -0.0437. The van der Waals surface area contributed by atoms with Gasteiger partial charge >= 0.3 is 0 Å². The standard InChI is InChI=1S/C14H14Cl2N2O2/c1-7(2)11-13(19)17-8(3)18(14(11)20)10-6-4-5-9(15)12(10)16/h4-7,19H,1-3H3. The Kier molecular flexibility index (Phi) is 4.06. The lowest BCUT2D eigenvalue weighted by molar-refractivity contribution is 0.434. The molecule has 106 valence electrons. The minimum atomic E-state index is -0.339. The van der Waals surface area contributed by atoms with Gasteiger partial charge in [0.15, 0.2) is 0 Å². The van der Waals surface area contributed by atoms with E-state index >= 15 is 0 Å². The molecule has 1 heterocycles. The third kappa shape index (κ3) is 2.41. The molecule has 0 fully saturated rings. The SMILES string of the molecule is Cc1nc(O)c(C(C)C)c(=O)n1-c1cccc(Cl)c1Cl. The van der Waals surface area contributed by atoms with Crippen molar-refractivity contribution in [3.05, 3.63) is 50.0 Å². The van der Waals surface area contributed by atoms with Crippen LogP contribution in [0.5, 0.6) is 5.88 Å². The van der Waals surface area contributed by atoms with Crippen LogP contribution in [0.4, 0.5) is 0 Å². The Morgan fingerprint density at radius 1 is 1.30 bits per heavy atom.